The maximum absolute atomic E-state index is 5.90. The lowest BCUT2D eigenvalue weighted by atomic mass is 10.1. The molecule has 0 aliphatic heterocycles. The highest BCUT2D eigenvalue weighted by Gasteiger charge is 2.21. The van der Waals surface area contributed by atoms with Crippen molar-refractivity contribution in [1.29, 1.82) is 0 Å². The molecule has 0 N–H and O–H groups in total. The first-order valence-electron chi connectivity index (χ1n) is 6.39. The fourth-order valence-electron chi connectivity index (χ4n) is 1.96. The van der Waals surface area contributed by atoms with Crippen LogP contribution in [-0.4, -0.2) is 29.7 Å². The van der Waals surface area contributed by atoms with Crippen molar-refractivity contribution in [2.24, 2.45) is 0 Å². The highest BCUT2D eigenvalue weighted by Crippen LogP contribution is 2.25. The number of halogens is 1. The minimum absolute atomic E-state index is 0.0549. The topological polar surface area (TPSA) is 18.5 Å². The van der Waals surface area contributed by atoms with Crippen LogP contribution in [0.25, 0.3) is 0 Å². The molecule has 2 atom stereocenters. The van der Waals surface area contributed by atoms with E-state index in [9.17, 15) is 0 Å². The van der Waals surface area contributed by atoms with E-state index in [4.69, 9.17) is 9.47 Å². The van der Waals surface area contributed by atoms with E-state index in [2.05, 4.69) is 36.7 Å². The third kappa shape index (κ3) is 6.21. The molecule has 0 radical (unpaired) electrons. The van der Waals surface area contributed by atoms with Crippen LogP contribution < -0.4 is 0 Å². The summed E-state index contributed by atoms with van der Waals surface area (Å²) in [6.45, 7) is 7.63. The molecule has 1 aliphatic carbocycles. The summed E-state index contributed by atoms with van der Waals surface area (Å²) in [5, 5.41) is 0. The van der Waals surface area contributed by atoms with E-state index in [0.29, 0.717) is 24.1 Å². The van der Waals surface area contributed by atoms with E-state index in [1.165, 1.54) is 32.1 Å². The number of hydrogen-bond acceptors (Lipinski definition) is 2. The van der Waals surface area contributed by atoms with Crippen LogP contribution in [0, 0.1) is 0 Å². The Labute approximate surface area is 108 Å². The Morgan fingerprint density at radius 2 is 1.75 bits per heavy atom. The molecule has 0 aromatic heterocycles. The van der Waals surface area contributed by atoms with Gasteiger partial charge >= 0.3 is 0 Å². The molecule has 0 saturated heterocycles. The van der Waals surface area contributed by atoms with Crippen LogP contribution in [0.15, 0.2) is 0 Å². The first-order chi connectivity index (χ1) is 7.49. The molecule has 0 spiro atoms. The summed E-state index contributed by atoms with van der Waals surface area (Å²) in [5.41, 5.74) is -0.0549. The molecule has 0 aromatic rings. The smallest absolute Gasteiger partial charge is 0.0707 e. The van der Waals surface area contributed by atoms with E-state index >= 15 is 0 Å². The Hall–Kier alpha value is 0.400. The van der Waals surface area contributed by atoms with Gasteiger partial charge in [0, 0.05) is 4.83 Å². The molecular weight excluding hydrogens is 268 g/mol. The van der Waals surface area contributed by atoms with Gasteiger partial charge in [-0.25, -0.2) is 0 Å². The normalized spacial score (nSPS) is 27.8. The van der Waals surface area contributed by atoms with Gasteiger partial charge in [0.15, 0.2) is 0 Å². The molecule has 0 amide bonds. The van der Waals surface area contributed by atoms with Gasteiger partial charge in [-0.3, -0.25) is 0 Å². The Kier molecular flexibility index (Phi) is 6.30. The molecule has 0 aromatic carbocycles. The third-order valence-corrected chi connectivity index (χ3v) is 3.87. The Morgan fingerprint density at radius 1 is 1.06 bits per heavy atom. The molecular formula is C13H25BrO2. The SMILES string of the molecule is CC(C)(C)OCCOC1CCCCCC1Br. The lowest BCUT2D eigenvalue weighted by molar-refractivity contribution is -0.0523. The summed E-state index contributed by atoms with van der Waals surface area (Å²) in [5.74, 6) is 0. The van der Waals surface area contributed by atoms with Crippen LogP contribution in [0.3, 0.4) is 0 Å². The quantitative estimate of drug-likeness (QED) is 0.444. The van der Waals surface area contributed by atoms with Crippen molar-refractivity contribution in [2.75, 3.05) is 13.2 Å². The molecule has 1 rings (SSSR count). The fourth-order valence-corrected chi connectivity index (χ4v) is 2.70. The second-order valence-corrected chi connectivity index (χ2v) is 6.70. The number of rotatable bonds is 4. The largest absolute Gasteiger partial charge is 0.375 e. The first kappa shape index (κ1) is 14.5. The van der Waals surface area contributed by atoms with Crippen molar-refractivity contribution in [2.45, 2.75) is 69.4 Å². The van der Waals surface area contributed by atoms with Crippen molar-refractivity contribution in [1.82, 2.24) is 0 Å². The summed E-state index contributed by atoms with van der Waals surface area (Å²) in [4.78, 5) is 0.532. The average Bonchev–Trinajstić information content (AvgIpc) is 2.37. The maximum Gasteiger partial charge on any atom is 0.0707 e. The van der Waals surface area contributed by atoms with Gasteiger partial charge in [-0.1, -0.05) is 35.2 Å². The van der Waals surface area contributed by atoms with E-state index in [1.807, 2.05) is 0 Å². The highest BCUT2D eigenvalue weighted by atomic mass is 79.9. The molecule has 0 heterocycles. The van der Waals surface area contributed by atoms with Gasteiger partial charge in [0.05, 0.1) is 24.9 Å². The van der Waals surface area contributed by atoms with E-state index < -0.39 is 0 Å². The maximum atomic E-state index is 5.90. The minimum atomic E-state index is -0.0549. The van der Waals surface area contributed by atoms with Crippen LogP contribution in [0.1, 0.15) is 52.9 Å². The molecule has 0 bridgehead atoms. The first-order valence-corrected chi connectivity index (χ1v) is 7.30. The zero-order valence-electron chi connectivity index (χ0n) is 10.8. The summed E-state index contributed by atoms with van der Waals surface area (Å²) < 4.78 is 11.5. The Balaban J connectivity index is 2.15. The van der Waals surface area contributed by atoms with Gasteiger partial charge < -0.3 is 9.47 Å². The summed E-state index contributed by atoms with van der Waals surface area (Å²) >= 11 is 3.73. The number of ether oxygens (including phenoxy) is 2. The zero-order valence-corrected chi connectivity index (χ0v) is 12.4. The van der Waals surface area contributed by atoms with Crippen molar-refractivity contribution >= 4 is 15.9 Å². The van der Waals surface area contributed by atoms with Crippen LogP contribution in [-0.2, 0) is 9.47 Å². The molecule has 2 nitrogen and oxygen atoms in total. The summed E-state index contributed by atoms with van der Waals surface area (Å²) in [6, 6.07) is 0. The highest BCUT2D eigenvalue weighted by molar-refractivity contribution is 9.09. The van der Waals surface area contributed by atoms with Crippen molar-refractivity contribution in [3.63, 3.8) is 0 Å². The van der Waals surface area contributed by atoms with Crippen LogP contribution in [0.5, 0.6) is 0 Å². The molecule has 2 unspecified atom stereocenters. The monoisotopic (exact) mass is 292 g/mol. The molecule has 1 saturated carbocycles. The predicted octanol–water partition coefficient (Wildman–Crippen LogP) is 3.91. The summed E-state index contributed by atoms with van der Waals surface area (Å²) in [7, 11) is 0. The van der Waals surface area contributed by atoms with Gasteiger partial charge in [0.25, 0.3) is 0 Å². The van der Waals surface area contributed by atoms with Gasteiger partial charge in [-0.2, -0.15) is 0 Å². The lowest BCUT2D eigenvalue weighted by Gasteiger charge is -2.23. The predicted molar refractivity (Wildman–Crippen MR) is 71.2 cm³/mol. The Bertz CT molecular complexity index is 189. The van der Waals surface area contributed by atoms with Gasteiger partial charge in [-0.15, -0.1) is 0 Å². The van der Waals surface area contributed by atoms with Gasteiger partial charge in [0.1, 0.15) is 0 Å². The van der Waals surface area contributed by atoms with Crippen LogP contribution >= 0.6 is 15.9 Å². The Morgan fingerprint density at radius 3 is 2.44 bits per heavy atom. The van der Waals surface area contributed by atoms with E-state index in [-0.39, 0.29) is 5.60 Å². The van der Waals surface area contributed by atoms with Crippen LogP contribution in [0.4, 0.5) is 0 Å². The average molecular weight is 293 g/mol. The molecule has 1 fully saturated rings. The molecule has 16 heavy (non-hydrogen) atoms. The second kappa shape index (κ2) is 6.97. The van der Waals surface area contributed by atoms with E-state index in [0.717, 1.165) is 0 Å². The second-order valence-electron chi connectivity index (χ2n) is 5.52. The molecule has 96 valence electrons. The van der Waals surface area contributed by atoms with Gasteiger partial charge in [0.2, 0.25) is 0 Å². The van der Waals surface area contributed by atoms with Crippen molar-refractivity contribution in [3.8, 4) is 0 Å². The minimum Gasteiger partial charge on any atom is -0.375 e. The van der Waals surface area contributed by atoms with Gasteiger partial charge in [-0.05, 0) is 33.6 Å². The van der Waals surface area contributed by atoms with Crippen molar-refractivity contribution < 1.29 is 9.47 Å². The standard InChI is InChI=1S/C13H25BrO2/c1-13(2,3)16-10-9-15-12-8-6-4-5-7-11(12)14/h11-12H,4-10H2,1-3H3. The molecule has 3 heteroatoms. The number of alkyl halides is 1. The van der Waals surface area contributed by atoms with Crippen LogP contribution in [0.2, 0.25) is 0 Å². The van der Waals surface area contributed by atoms with E-state index in [1.54, 1.807) is 0 Å². The van der Waals surface area contributed by atoms with Crippen molar-refractivity contribution in [3.05, 3.63) is 0 Å². The molecule has 1 aliphatic rings. The summed E-state index contributed by atoms with van der Waals surface area (Å²) in [6.07, 6.45) is 6.78. The lowest BCUT2D eigenvalue weighted by Crippen LogP contribution is -2.27. The fraction of sp³-hybridized carbons (Fsp3) is 1.00. The third-order valence-electron chi connectivity index (χ3n) is 2.82. The number of hydrogen-bond donors (Lipinski definition) is 0. The zero-order chi connectivity index (χ0) is 12.0.